The van der Waals surface area contributed by atoms with E-state index in [-0.39, 0.29) is 0 Å². The lowest BCUT2D eigenvalue weighted by Crippen LogP contribution is -2.38. The molecule has 0 bridgehead atoms. The van der Waals surface area contributed by atoms with Gasteiger partial charge in [-0.15, -0.1) is 0 Å². The molecule has 0 aliphatic heterocycles. The number of hydrogen-bond acceptors (Lipinski definition) is 3. The SMILES string of the molecule is COC1(C(O)c2cccc(OC3CC3)c2)CCCCCC1. The van der Waals surface area contributed by atoms with Crippen molar-refractivity contribution < 1.29 is 14.6 Å². The van der Waals surface area contributed by atoms with Gasteiger partial charge in [0.1, 0.15) is 11.9 Å². The average molecular weight is 290 g/mol. The quantitative estimate of drug-likeness (QED) is 0.833. The van der Waals surface area contributed by atoms with Gasteiger partial charge in [0.2, 0.25) is 0 Å². The van der Waals surface area contributed by atoms with Crippen molar-refractivity contribution in [3.05, 3.63) is 29.8 Å². The molecule has 0 aromatic heterocycles. The zero-order chi connectivity index (χ0) is 14.7. The van der Waals surface area contributed by atoms with Crippen molar-refractivity contribution in [2.24, 2.45) is 0 Å². The van der Waals surface area contributed by atoms with Gasteiger partial charge in [-0.25, -0.2) is 0 Å². The maximum absolute atomic E-state index is 10.9. The molecule has 1 N–H and O–H groups in total. The predicted octanol–water partition coefficient (Wildman–Crippen LogP) is 4.00. The Labute approximate surface area is 127 Å². The molecular formula is C18H26O3. The van der Waals surface area contributed by atoms with Crippen molar-refractivity contribution in [3.8, 4) is 5.75 Å². The van der Waals surface area contributed by atoms with Crippen molar-refractivity contribution in [2.75, 3.05) is 7.11 Å². The highest BCUT2D eigenvalue weighted by Crippen LogP contribution is 2.41. The van der Waals surface area contributed by atoms with Crippen LogP contribution in [0.15, 0.2) is 24.3 Å². The molecule has 2 aliphatic carbocycles. The third kappa shape index (κ3) is 3.41. The first-order valence-electron chi connectivity index (χ1n) is 8.23. The van der Waals surface area contributed by atoms with E-state index in [9.17, 15) is 5.11 Å². The maximum Gasteiger partial charge on any atom is 0.120 e. The molecule has 0 heterocycles. The van der Waals surface area contributed by atoms with Gasteiger partial charge in [-0.2, -0.15) is 0 Å². The third-order valence-electron chi connectivity index (χ3n) is 4.86. The first-order chi connectivity index (χ1) is 10.2. The normalized spacial score (nSPS) is 23.3. The Hall–Kier alpha value is -1.06. The molecule has 0 saturated heterocycles. The lowest BCUT2D eigenvalue weighted by atomic mass is 9.84. The van der Waals surface area contributed by atoms with Crippen LogP contribution in [0.25, 0.3) is 0 Å². The Kier molecular flexibility index (Phi) is 4.51. The first-order valence-corrected chi connectivity index (χ1v) is 8.23. The number of rotatable bonds is 5. The van der Waals surface area contributed by atoms with Crippen LogP contribution in [0.1, 0.15) is 63.0 Å². The minimum absolute atomic E-state index is 0.381. The van der Waals surface area contributed by atoms with Crippen molar-refractivity contribution in [1.82, 2.24) is 0 Å². The van der Waals surface area contributed by atoms with Crippen LogP contribution < -0.4 is 4.74 Å². The lowest BCUT2D eigenvalue weighted by Gasteiger charge is -2.36. The van der Waals surface area contributed by atoms with E-state index in [2.05, 4.69) is 0 Å². The van der Waals surface area contributed by atoms with E-state index < -0.39 is 11.7 Å². The Morgan fingerprint density at radius 3 is 2.48 bits per heavy atom. The highest BCUT2D eigenvalue weighted by molar-refractivity contribution is 5.31. The summed E-state index contributed by atoms with van der Waals surface area (Å²) in [5.74, 6) is 0.869. The highest BCUT2D eigenvalue weighted by Gasteiger charge is 2.39. The van der Waals surface area contributed by atoms with Crippen molar-refractivity contribution in [1.29, 1.82) is 0 Å². The van der Waals surface area contributed by atoms with Crippen LogP contribution in [0.5, 0.6) is 5.75 Å². The Bertz CT molecular complexity index is 459. The number of benzene rings is 1. The molecule has 116 valence electrons. The fraction of sp³-hybridized carbons (Fsp3) is 0.667. The van der Waals surface area contributed by atoms with Crippen LogP contribution in [-0.2, 0) is 4.74 Å². The van der Waals surface area contributed by atoms with E-state index in [0.29, 0.717) is 6.10 Å². The van der Waals surface area contributed by atoms with Gasteiger partial charge in [0.05, 0.1) is 11.7 Å². The Morgan fingerprint density at radius 1 is 1.14 bits per heavy atom. The average Bonchev–Trinajstić information content (AvgIpc) is 3.33. The van der Waals surface area contributed by atoms with Gasteiger partial charge in [-0.3, -0.25) is 0 Å². The first kappa shape index (κ1) is 14.9. The van der Waals surface area contributed by atoms with Crippen LogP contribution in [0.3, 0.4) is 0 Å². The summed E-state index contributed by atoms with van der Waals surface area (Å²) >= 11 is 0. The number of hydrogen-bond donors (Lipinski definition) is 1. The minimum atomic E-state index is -0.580. The molecule has 2 saturated carbocycles. The molecule has 3 nitrogen and oxygen atoms in total. The van der Waals surface area contributed by atoms with Crippen LogP contribution in [0.4, 0.5) is 0 Å². The lowest BCUT2D eigenvalue weighted by molar-refractivity contribution is -0.114. The van der Waals surface area contributed by atoms with E-state index in [4.69, 9.17) is 9.47 Å². The van der Waals surface area contributed by atoms with Gasteiger partial charge in [-0.05, 0) is 43.4 Å². The van der Waals surface area contributed by atoms with Crippen molar-refractivity contribution >= 4 is 0 Å². The summed E-state index contributed by atoms with van der Waals surface area (Å²) in [4.78, 5) is 0. The summed E-state index contributed by atoms with van der Waals surface area (Å²) in [5, 5.41) is 10.9. The smallest absolute Gasteiger partial charge is 0.120 e. The fourth-order valence-electron chi connectivity index (χ4n) is 3.36. The van der Waals surface area contributed by atoms with Crippen molar-refractivity contribution in [3.63, 3.8) is 0 Å². The van der Waals surface area contributed by atoms with E-state index in [0.717, 1.165) is 49.8 Å². The zero-order valence-electron chi connectivity index (χ0n) is 12.9. The van der Waals surface area contributed by atoms with Gasteiger partial charge in [0.15, 0.2) is 0 Å². The molecule has 0 amide bonds. The van der Waals surface area contributed by atoms with Gasteiger partial charge in [0.25, 0.3) is 0 Å². The van der Waals surface area contributed by atoms with Gasteiger partial charge >= 0.3 is 0 Å². The second-order valence-electron chi connectivity index (χ2n) is 6.48. The molecule has 1 aromatic carbocycles. The second kappa shape index (κ2) is 6.37. The summed E-state index contributed by atoms with van der Waals surface area (Å²) in [7, 11) is 1.74. The monoisotopic (exact) mass is 290 g/mol. The predicted molar refractivity (Wildman–Crippen MR) is 82.5 cm³/mol. The number of aliphatic hydroxyl groups excluding tert-OH is 1. The fourth-order valence-corrected chi connectivity index (χ4v) is 3.36. The van der Waals surface area contributed by atoms with E-state index >= 15 is 0 Å². The molecule has 2 fully saturated rings. The number of aliphatic hydroxyl groups is 1. The largest absolute Gasteiger partial charge is 0.490 e. The molecule has 21 heavy (non-hydrogen) atoms. The van der Waals surface area contributed by atoms with E-state index in [1.54, 1.807) is 7.11 Å². The van der Waals surface area contributed by atoms with Gasteiger partial charge in [-0.1, -0.05) is 37.8 Å². The Morgan fingerprint density at radius 2 is 1.86 bits per heavy atom. The van der Waals surface area contributed by atoms with Gasteiger partial charge in [0, 0.05) is 7.11 Å². The second-order valence-corrected chi connectivity index (χ2v) is 6.48. The molecule has 2 aliphatic rings. The molecule has 1 aromatic rings. The highest BCUT2D eigenvalue weighted by atomic mass is 16.5. The summed E-state index contributed by atoms with van der Waals surface area (Å²) in [6, 6.07) is 7.90. The molecular weight excluding hydrogens is 264 g/mol. The molecule has 3 rings (SSSR count). The maximum atomic E-state index is 10.9. The molecule has 3 heteroatoms. The summed E-state index contributed by atoms with van der Waals surface area (Å²) in [6.45, 7) is 0. The summed E-state index contributed by atoms with van der Waals surface area (Å²) in [5.41, 5.74) is 0.478. The summed E-state index contributed by atoms with van der Waals surface area (Å²) in [6.07, 6.45) is 8.69. The topological polar surface area (TPSA) is 38.7 Å². The molecule has 0 radical (unpaired) electrons. The van der Waals surface area contributed by atoms with Crippen LogP contribution >= 0.6 is 0 Å². The molecule has 0 spiro atoms. The van der Waals surface area contributed by atoms with E-state index in [1.165, 1.54) is 12.8 Å². The van der Waals surface area contributed by atoms with Crippen LogP contribution in [-0.4, -0.2) is 23.9 Å². The molecule has 1 atom stereocenters. The van der Waals surface area contributed by atoms with Crippen LogP contribution in [0, 0.1) is 0 Å². The zero-order valence-corrected chi connectivity index (χ0v) is 12.9. The van der Waals surface area contributed by atoms with Crippen molar-refractivity contribution in [2.45, 2.75) is 69.2 Å². The summed E-state index contributed by atoms with van der Waals surface area (Å²) < 4.78 is 11.7. The standard InChI is InChI=1S/C18H26O3/c1-20-18(11-4-2-3-5-12-18)17(19)14-7-6-8-16(13-14)21-15-9-10-15/h6-8,13,15,17,19H,2-5,9-12H2,1H3. The van der Waals surface area contributed by atoms with E-state index in [1.807, 2.05) is 24.3 Å². The Balaban J connectivity index is 1.79. The van der Waals surface area contributed by atoms with Crippen LogP contribution in [0.2, 0.25) is 0 Å². The molecule has 1 unspecified atom stereocenters. The number of ether oxygens (including phenoxy) is 2. The number of methoxy groups -OCH3 is 1. The van der Waals surface area contributed by atoms with Gasteiger partial charge < -0.3 is 14.6 Å². The third-order valence-corrected chi connectivity index (χ3v) is 4.86. The minimum Gasteiger partial charge on any atom is -0.490 e.